The standard InChI is InChI=1S/C24H21Cl2N3O2/c1-15-16-6-4-7-18(17(16)11-13-29(15)22-10-2-3-12-27-22)24(31)28-23(30)14-19-20(25)8-5-9-21(19)26/h2-10,12,15H,11,13-14H2,1H3,(H,28,30,31)/t15-/m0/s1. The summed E-state index contributed by atoms with van der Waals surface area (Å²) in [6, 6.07) is 16.6. The third-order valence-electron chi connectivity index (χ3n) is 5.57. The van der Waals surface area contributed by atoms with Gasteiger partial charge in [-0.25, -0.2) is 4.98 Å². The molecule has 4 rings (SSSR count). The van der Waals surface area contributed by atoms with Gasteiger partial charge in [0, 0.05) is 28.4 Å². The fourth-order valence-corrected chi connectivity index (χ4v) is 4.55. The van der Waals surface area contributed by atoms with E-state index in [0.717, 1.165) is 23.5 Å². The monoisotopic (exact) mass is 453 g/mol. The van der Waals surface area contributed by atoms with E-state index < -0.39 is 11.8 Å². The molecule has 0 saturated heterocycles. The number of rotatable bonds is 4. The molecule has 0 radical (unpaired) electrons. The molecule has 0 fully saturated rings. The molecule has 2 heterocycles. The van der Waals surface area contributed by atoms with Gasteiger partial charge in [-0.1, -0.05) is 47.5 Å². The summed E-state index contributed by atoms with van der Waals surface area (Å²) in [5.74, 6) is 0.0439. The Kier molecular flexibility index (Phi) is 6.25. The van der Waals surface area contributed by atoms with Crippen LogP contribution in [0, 0.1) is 0 Å². The van der Waals surface area contributed by atoms with E-state index in [4.69, 9.17) is 23.2 Å². The molecular formula is C24H21Cl2N3O2. The van der Waals surface area contributed by atoms with Gasteiger partial charge in [0.2, 0.25) is 5.91 Å². The van der Waals surface area contributed by atoms with Crippen molar-refractivity contribution in [1.29, 1.82) is 0 Å². The van der Waals surface area contributed by atoms with Crippen LogP contribution in [0.2, 0.25) is 10.0 Å². The first-order chi connectivity index (χ1) is 15.0. The van der Waals surface area contributed by atoms with Gasteiger partial charge < -0.3 is 4.90 Å². The largest absolute Gasteiger partial charge is 0.350 e. The summed E-state index contributed by atoms with van der Waals surface area (Å²) in [4.78, 5) is 32.1. The number of fused-ring (bicyclic) bond motifs is 1. The normalized spacial score (nSPS) is 15.3. The van der Waals surface area contributed by atoms with Gasteiger partial charge in [-0.2, -0.15) is 0 Å². The van der Waals surface area contributed by atoms with Gasteiger partial charge in [-0.15, -0.1) is 0 Å². The molecule has 0 bridgehead atoms. The molecule has 3 aromatic rings. The van der Waals surface area contributed by atoms with E-state index in [2.05, 4.69) is 22.1 Å². The topological polar surface area (TPSA) is 62.3 Å². The van der Waals surface area contributed by atoms with Gasteiger partial charge in [-0.05, 0) is 60.4 Å². The summed E-state index contributed by atoms with van der Waals surface area (Å²) in [5.41, 5.74) is 3.05. The highest BCUT2D eigenvalue weighted by Crippen LogP contribution is 2.34. The summed E-state index contributed by atoms with van der Waals surface area (Å²) in [6.07, 6.45) is 2.39. The molecule has 2 amide bonds. The van der Waals surface area contributed by atoms with Crippen molar-refractivity contribution in [3.8, 4) is 0 Å². The zero-order valence-electron chi connectivity index (χ0n) is 16.9. The molecule has 2 aromatic carbocycles. The lowest BCUT2D eigenvalue weighted by Gasteiger charge is -2.36. The molecule has 0 saturated carbocycles. The third kappa shape index (κ3) is 4.43. The van der Waals surface area contributed by atoms with Crippen LogP contribution in [0.5, 0.6) is 0 Å². The van der Waals surface area contributed by atoms with Crippen LogP contribution in [-0.2, 0) is 17.6 Å². The van der Waals surface area contributed by atoms with Crippen molar-refractivity contribution in [2.24, 2.45) is 0 Å². The van der Waals surface area contributed by atoms with Crippen molar-refractivity contribution < 1.29 is 9.59 Å². The van der Waals surface area contributed by atoms with Gasteiger partial charge >= 0.3 is 0 Å². The fourth-order valence-electron chi connectivity index (χ4n) is 4.02. The average molecular weight is 454 g/mol. The van der Waals surface area contributed by atoms with Crippen molar-refractivity contribution in [3.63, 3.8) is 0 Å². The van der Waals surface area contributed by atoms with Crippen LogP contribution in [0.25, 0.3) is 0 Å². The molecular weight excluding hydrogens is 433 g/mol. The number of hydrogen-bond donors (Lipinski definition) is 1. The predicted octanol–water partition coefficient (Wildman–Crippen LogP) is 5.01. The second kappa shape index (κ2) is 9.08. The number of nitrogens with zero attached hydrogens (tertiary/aromatic N) is 2. The first-order valence-electron chi connectivity index (χ1n) is 10.0. The number of aromatic nitrogens is 1. The maximum absolute atomic E-state index is 12.9. The lowest BCUT2D eigenvalue weighted by Crippen LogP contribution is -2.37. The lowest BCUT2D eigenvalue weighted by atomic mass is 9.89. The maximum atomic E-state index is 12.9. The Morgan fingerprint density at radius 1 is 1.06 bits per heavy atom. The van der Waals surface area contributed by atoms with Gasteiger partial charge in [0.05, 0.1) is 12.5 Å². The number of carbonyl (C=O) groups is 2. The second-order valence-electron chi connectivity index (χ2n) is 7.43. The number of halogens is 2. The van der Waals surface area contributed by atoms with Crippen LogP contribution in [0.4, 0.5) is 5.82 Å². The first kappa shape index (κ1) is 21.3. The summed E-state index contributed by atoms with van der Waals surface area (Å²) in [7, 11) is 0. The Labute approximate surface area is 191 Å². The smallest absolute Gasteiger partial charge is 0.258 e. The quantitative estimate of drug-likeness (QED) is 0.602. The maximum Gasteiger partial charge on any atom is 0.258 e. The number of nitrogens with one attached hydrogen (secondary N) is 1. The summed E-state index contributed by atoms with van der Waals surface area (Å²) < 4.78 is 0. The summed E-state index contributed by atoms with van der Waals surface area (Å²) in [5, 5.41) is 3.28. The molecule has 31 heavy (non-hydrogen) atoms. The van der Waals surface area contributed by atoms with Crippen molar-refractivity contribution in [1.82, 2.24) is 10.3 Å². The van der Waals surface area contributed by atoms with Crippen LogP contribution < -0.4 is 10.2 Å². The highest BCUT2D eigenvalue weighted by atomic mass is 35.5. The Balaban J connectivity index is 1.53. The first-order valence-corrected chi connectivity index (χ1v) is 10.8. The van der Waals surface area contributed by atoms with E-state index in [9.17, 15) is 9.59 Å². The second-order valence-corrected chi connectivity index (χ2v) is 8.25. The van der Waals surface area contributed by atoms with E-state index in [0.29, 0.717) is 27.6 Å². The van der Waals surface area contributed by atoms with E-state index in [1.807, 2.05) is 30.3 Å². The number of imide groups is 1. The minimum absolute atomic E-state index is 0.0593. The fraction of sp³-hybridized carbons (Fsp3) is 0.208. The number of carbonyl (C=O) groups excluding carboxylic acids is 2. The predicted molar refractivity (Wildman–Crippen MR) is 123 cm³/mol. The highest BCUT2D eigenvalue weighted by Gasteiger charge is 2.28. The van der Waals surface area contributed by atoms with Crippen molar-refractivity contribution in [2.45, 2.75) is 25.8 Å². The van der Waals surface area contributed by atoms with Crippen LogP contribution in [0.1, 0.15) is 40.0 Å². The molecule has 7 heteroatoms. The molecule has 1 N–H and O–H groups in total. The molecule has 1 aromatic heterocycles. The van der Waals surface area contributed by atoms with Crippen molar-refractivity contribution in [2.75, 3.05) is 11.4 Å². The summed E-state index contributed by atoms with van der Waals surface area (Å²) >= 11 is 12.3. The minimum atomic E-state index is -0.448. The van der Waals surface area contributed by atoms with E-state index in [1.54, 1.807) is 30.5 Å². The number of pyridine rings is 1. The molecule has 0 spiro atoms. The number of benzene rings is 2. The van der Waals surface area contributed by atoms with Gasteiger partial charge in [0.1, 0.15) is 5.82 Å². The number of hydrogen-bond acceptors (Lipinski definition) is 4. The Bertz CT molecular complexity index is 1110. The van der Waals surface area contributed by atoms with Crippen LogP contribution >= 0.6 is 23.2 Å². The minimum Gasteiger partial charge on any atom is -0.350 e. The zero-order chi connectivity index (χ0) is 22.0. The van der Waals surface area contributed by atoms with E-state index in [1.165, 1.54) is 0 Å². The van der Waals surface area contributed by atoms with Crippen LogP contribution in [0.15, 0.2) is 60.8 Å². The molecule has 1 aliphatic rings. The molecule has 0 aliphatic carbocycles. The molecule has 5 nitrogen and oxygen atoms in total. The molecule has 1 aliphatic heterocycles. The Morgan fingerprint density at radius 2 is 1.81 bits per heavy atom. The summed E-state index contributed by atoms with van der Waals surface area (Å²) in [6.45, 7) is 2.83. The van der Waals surface area contributed by atoms with Gasteiger partial charge in [-0.3, -0.25) is 14.9 Å². The van der Waals surface area contributed by atoms with E-state index in [-0.39, 0.29) is 12.5 Å². The highest BCUT2D eigenvalue weighted by molar-refractivity contribution is 6.36. The lowest BCUT2D eigenvalue weighted by molar-refractivity contribution is -0.119. The Morgan fingerprint density at radius 3 is 2.52 bits per heavy atom. The third-order valence-corrected chi connectivity index (χ3v) is 6.28. The van der Waals surface area contributed by atoms with Crippen molar-refractivity contribution >= 4 is 40.8 Å². The number of anilines is 1. The molecule has 0 unspecified atom stereocenters. The zero-order valence-corrected chi connectivity index (χ0v) is 18.5. The van der Waals surface area contributed by atoms with Crippen LogP contribution in [-0.4, -0.2) is 23.3 Å². The average Bonchev–Trinajstić information content (AvgIpc) is 2.77. The number of amides is 2. The Hall–Kier alpha value is -2.89. The van der Waals surface area contributed by atoms with Gasteiger partial charge in [0.15, 0.2) is 0 Å². The molecule has 1 atom stereocenters. The molecule has 158 valence electrons. The van der Waals surface area contributed by atoms with E-state index >= 15 is 0 Å². The SMILES string of the molecule is C[C@H]1c2cccc(C(=O)NC(=O)Cc3c(Cl)cccc3Cl)c2CCN1c1ccccn1. The van der Waals surface area contributed by atoms with Crippen LogP contribution in [0.3, 0.4) is 0 Å². The van der Waals surface area contributed by atoms with Crippen molar-refractivity contribution in [3.05, 3.63) is 93.1 Å². The van der Waals surface area contributed by atoms with Gasteiger partial charge in [0.25, 0.3) is 5.91 Å².